The number of hydrogen-bond donors (Lipinski definition) is 1. The van der Waals surface area contributed by atoms with E-state index in [0.29, 0.717) is 0 Å². The highest BCUT2D eigenvalue weighted by Gasteiger charge is 2.09. The minimum Gasteiger partial charge on any atom is -0.493 e. The first-order valence-electron chi connectivity index (χ1n) is 7.75. The van der Waals surface area contributed by atoms with E-state index in [4.69, 9.17) is 4.74 Å². The Kier molecular flexibility index (Phi) is 8.95. The zero-order valence-corrected chi connectivity index (χ0v) is 14.3. The molecule has 0 aliphatic heterocycles. The van der Waals surface area contributed by atoms with Gasteiger partial charge in [0.1, 0.15) is 5.75 Å². The Labute approximate surface area is 131 Å². The Morgan fingerprint density at radius 1 is 1.10 bits per heavy atom. The van der Waals surface area contributed by atoms with Gasteiger partial charge in [0.25, 0.3) is 0 Å². The van der Waals surface area contributed by atoms with Crippen LogP contribution in [0.2, 0.25) is 0 Å². The lowest BCUT2D eigenvalue weighted by molar-refractivity contribution is 0.190. The molecule has 0 heterocycles. The van der Waals surface area contributed by atoms with Crippen molar-refractivity contribution in [2.75, 3.05) is 6.61 Å². The number of aliphatic hydroxyl groups is 1. The molecule has 1 rings (SSSR count). The predicted octanol–water partition coefficient (Wildman–Crippen LogP) is 5.63. The predicted molar refractivity (Wildman–Crippen MR) is 88.3 cm³/mol. The topological polar surface area (TPSA) is 29.5 Å². The van der Waals surface area contributed by atoms with Crippen molar-refractivity contribution in [2.45, 2.75) is 64.9 Å². The monoisotopic (exact) mass is 342 g/mol. The fourth-order valence-corrected chi connectivity index (χ4v) is 2.56. The summed E-state index contributed by atoms with van der Waals surface area (Å²) in [4.78, 5) is 0. The first-order valence-corrected chi connectivity index (χ1v) is 8.54. The van der Waals surface area contributed by atoms with Crippen LogP contribution in [-0.2, 0) is 0 Å². The van der Waals surface area contributed by atoms with Gasteiger partial charge in [0, 0.05) is 10.0 Å². The number of benzene rings is 1. The number of rotatable bonds is 10. The van der Waals surface area contributed by atoms with Crippen molar-refractivity contribution in [3.63, 3.8) is 0 Å². The molecule has 1 aromatic rings. The SMILES string of the molecule is CCCCCCCCCOc1cc(Br)ccc1C(C)O. The van der Waals surface area contributed by atoms with Crippen LogP contribution in [0.15, 0.2) is 22.7 Å². The van der Waals surface area contributed by atoms with Gasteiger partial charge in [-0.1, -0.05) is 67.4 Å². The number of ether oxygens (including phenoxy) is 1. The maximum Gasteiger partial charge on any atom is 0.126 e. The first-order chi connectivity index (χ1) is 9.65. The molecule has 0 spiro atoms. The number of aliphatic hydroxyl groups excluding tert-OH is 1. The Morgan fingerprint density at radius 2 is 1.75 bits per heavy atom. The van der Waals surface area contributed by atoms with Crippen molar-refractivity contribution in [1.29, 1.82) is 0 Å². The molecule has 0 radical (unpaired) electrons. The van der Waals surface area contributed by atoms with Crippen molar-refractivity contribution in [2.24, 2.45) is 0 Å². The molecule has 0 aliphatic carbocycles. The van der Waals surface area contributed by atoms with E-state index in [1.54, 1.807) is 6.92 Å². The summed E-state index contributed by atoms with van der Waals surface area (Å²) in [5.41, 5.74) is 0.858. The third-order valence-electron chi connectivity index (χ3n) is 3.43. The van der Waals surface area contributed by atoms with Gasteiger partial charge in [-0.25, -0.2) is 0 Å². The Bertz CT molecular complexity index is 377. The highest BCUT2D eigenvalue weighted by atomic mass is 79.9. The lowest BCUT2D eigenvalue weighted by atomic mass is 10.1. The highest BCUT2D eigenvalue weighted by Crippen LogP contribution is 2.28. The van der Waals surface area contributed by atoms with E-state index >= 15 is 0 Å². The van der Waals surface area contributed by atoms with Gasteiger partial charge in [-0.3, -0.25) is 0 Å². The van der Waals surface area contributed by atoms with Crippen molar-refractivity contribution in [3.8, 4) is 5.75 Å². The molecule has 3 heteroatoms. The fourth-order valence-electron chi connectivity index (χ4n) is 2.22. The second-order valence-electron chi connectivity index (χ2n) is 5.33. The molecule has 1 aromatic carbocycles. The van der Waals surface area contributed by atoms with Gasteiger partial charge in [-0.2, -0.15) is 0 Å². The van der Waals surface area contributed by atoms with E-state index in [2.05, 4.69) is 22.9 Å². The third kappa shape index (κ3) is 6.76. The van der Waals surface area contributed by atoms with Crippen LogP contribution < -0.4 is 4.74 Å². The van der Waals surface area contributed by atoms with E-state index < -0.39 is 6.10 Å². The molecule has 0 saturated heterocycles. The average Bonchev–Trinajstić information content (AvgIpc) is 2.41. The van der Waals surface area contributed by atoms with Crippen LogP contribution in [0.4, 0.5) is 0 Å². The van der Waals surface area contributed by atoms with Crippen molar-refractivity contribution >= 4 is 15.9 Å². The normalized spacial score (nSPS) is 12.4. The summed E-state index contributed by atoms with van der Waals surface area (Å²) in [6.45, 7) is 4.74. The highest BCUT2D eigenvalue weighted by molar-refractivity contribution is 9.10. The van der Waals surface area contributed by atoms with E-state index in [1.165, 1.54) is 38.5 Å². The minimum absolute atomic E-state index is 0.493. The summed E-state index contributed by atoms with van der Waals surface area (Å²) in [5, 5.41) is 9.72. The number of unbranched alkanes of at least 4 members (excludes halogenated alkanes) is 6. The summed E-state index contributed by atoms with van der Waals surface area (Å²) < 4.78 is 6.80. The van der Waals surface area contributed by atoms with Crippen LogP contribution in [0.5, 0.6) is 5.75 Å². The fraction of sp³-hybridized carbons (Fsp3) is 0.647. The van der Waals surface area contributed by atoms with Crippen molar-refractivity contribution < 1.29 is 9.84 Å². The summed E-state index contributed by atoms with van der Waals surface area (Å²) >= 11 is 3.44. The van der Waals surface area contributed by atoms with E-state index in [1.807, 2.05) is 18.2 Å². The maximum absolute atomic E-state index is 9.72. The van der Waals surface area contributed by atoms with Crippen LogP contribution in [0.3, 0.4) is 0 Å². The Hall–Kier alpha value is -0.540. The summed E-state index contributed by atoms with van der Waals surface area (Å²) in [6, 6.07) is 5.78. The van der Waals surface area contributed by atoms with E-state index in [9.17, 15) is 5.11 Å². The molecule has 1 atom stereocenters. The quantitative estimate of drug-likeness (QED) is 0.558. The van der Waals surface area contributed by atoms with Gasteiger partial charge in [0.15, 0.2) is 0 Å². The third-order valence-corrected chi connectivity index (χ3v) is 3.92. The van der Waals surface area contributed by atoms with Gasteiger partial charge in [0.2, 0.25) is 0 Å². The zero-order valence-electron chi connectivity index (χ0n) is 12.7. The molecule has 0 aromatic heterocycles. The second-order valence-corrected chi connectivity index (χ2v) is 6.24. The smallest absolute Gasteiger partial charge is 0.126 e. The van der Waals surface area contributed by atoms with Crippen LogP contribution in [0.25, 0.3) is 0 Å². The number of hydrogen-bond acceptors (Lipinski definition) is 2. The summed E-state index contributed by atoms with van der Waals surface area (Å²) in [5.74, 6) is 0.792. The molecule has 0 bridgehead atoms. The van der Waals surface area contributed by atoms with Crippen LogP contribution in [0, 0.1) is 0 Å². The van der Waals surface area contributed by atoms with Gasteiger partial charge in [-0.05, 0) is 25.5 Å². The molecule has 2 nitrogen and oxygen atoms in total. The Morgan fingerprint density at radius 3 is 2.40 bits per heavy atom. The Balaban J connectivity index is 2.26. The molecule has 0 saturated carbocycles. The molecule has 20 heavy (non-hydrogen) atoms. The van der Waals surface area contributed by atoms with Crippen LogP contribution in [0.1, 0.15) is 70.5 Å². The second kappa shape index (κ2) is 10.2. The van der Waals surface area contributed by atoms with E-state index in [-0.39, 0.29) is 0 Å². The average molecular weight is 343 g/mol. The van der Waals surface area contributed by atoms with Crippen LogP contribution in [-0.4, -0.2) is 11.7 Å². The molecule has 114 valence electrons. The minimum atomic E-state index is -0.493. The van der Waals surface area contributed by atoms with Gasteiger partial charge in [0.05, 0.1) is 12.7 Å². The zero-order chi connectivity index (χ0) is 14.8. The number of halogens is 1. The molecular weight excluding hydrogens is 316 g/mol. The molecular formula is C17H27BrO2. The molecule has 1 unspecified atom stereocenters. The van der Waals surface area contributed by atoms with Crippen molar-refractivity contribution in [3.05, 3.63) is 28.2 Å². The van der Waals surface area contributed by atoms with E-state index in [0.717, 1.165) is 28.8 Å². The molecule has 0 aliphatic rings. The maximum atomic E-state index is 9.72. The largest absolute Gasteiger partial charge is 0.493 e. The van der Waals surface area contributed by atoms with Gasteiger partial charge >= 0.3 is 0 Å². The molecule has 0 fully saturated rings. The van der Waals surface area contributed by atoms with Crippen molar-refractivity contribution in [1.82, 2.24) is 0 Å². The van der Waals surface area contributed by atoms with Crippen LogP contribution >= 0.6 is 15.9 Å². The first kappa shape index (κ1) is 17.5. The summed E-state index contributed by atoms with van der Waals surface area (Å²) in [6.07, 6.45) is 8.45. The molecule has 1 N–H and O–H groups in total. The van der Waals surface area contributed by atoms with Gasteiger partial charge < -0.3 is 9.84 Å². The molecule has 0 amide bonds. The lowest BCUT2D eigenvalue weighted by Gasteiger charge is -2.14. The standard InChI is InChI=1S/C17H27BrO2/c1-3-4-5-6-7-8-9-12-20-17-13-15(18)10-11-16(17)14(2)19/h10-11,13-14,19H,3-9,12H2,1-2H3. The lowest BCUT2D eigenvalue weighted by Crippen LogP contribution is -2.02. The summed E-state index contributed by atoms with van der Waals surface area (Å²) in [7, 11) is 0. The van der Waals surface area contributed by atoms with Gasteiger partial charge in [-0.15, -0.1) is 0 Å².